The molecule has 0 aliphatic rings. The first kappa shape index (κ1) is 13.0. The molecule has 0 amide bonds. The predicted octanol–water partition coefficient (Wildman–Crippen LogP) is 2.20. The van der Waals surface area contributed by atoms with Crippen LogP contribution in [0.2, 0.25) is 0 Å². The third-order valence-electron chi connectivity index (χ3n) is 2.43. The van der Waals surface area contributed by atoms with Gasteiger partial charge in [0.1, 0.15) is 5.75 Å². The van der Waals surface area contributed by atoms with E-state index in [2.05, 4.69) is 0 Å². The van der Waals surface area contributed by atoms with Crippen LogP contribution in [-0.2, 0) is 0 Å². The fraction of sp³-hybridized carbons (Fsp3) is 0.538. The van der Waals surface area contributed by atoms with Crippen LogP contribution in [0.1, 0.15) is 37.0 Å². The molecule has 0 spiro atoms. The molecule has 16 heavy (non-hydrogen) atoms. The highest BCUT2D eigenvalue weighted by atomic mass is 16.5. The van der Waals surface area contributed by atoms with Gasteiger partial charge in [0.2, 0.25) is 0 Å². The SMILES string of the molecule is Cc1ccc(OCCCCO)c(C(C)O)c1. The van der Waals surface area contributed by atoms with E-state index in [1.165, 1.54) is 0 Å². The maximum atomic E-state index is 9.61. The van der Waals surface area contributed by atoms with Gasteiger partial charge >= 0.3 is 0 Å². The minimum Gasteiger partial charge on any atom is -0.493 e. The van der Waals surface area contributed by atoms with E-state index in [0.717, 1.165) is 29.7 Å². The van der Waals surface area contributed by atoms with E-state index in [1.807, 2.05) is 25.1 Å². The molecule has 1 unspecified atom stereocenters. The molecular weight excluding hydrogens is 204 g/mol. The maximum Gasteiger partial charge on any atom is 0.125 e. The summed E-state index contributed by atoms with van der Waals surface area (Å²) in [6.07, 6.45) is 1.05. The molecular formula is C13H20O3. The summed E-state index contributed by atoms with van der Waals surface area (Å²) in [5.41, 5.74) is 1.93. The molecule has 0 bridgehead atoms. The molecule has 0 saturated heterocycles. The molecule has 0 saturated carbocycles. The molecule has 1 aromatic rings. The lowest BCUT2D eigenvalue weighted by Gasteiger charge is -2.14. The fourth-order valence-corrected chi connectivity index (χ4v) is 1.52. The largest absolute Gasteiger partial charge is 0.493 e. The van der Waals surface area contributed by atoms with Crippen LogP contribution in [0.5, 0.6) is 5.75 Å². The summed E-state index contributed by atoms with van der Waals surface area (Å²) in [6, 6.07) is 5.79. The molecule has 0 aliphatic carbocycles. The number of benzene rings is 1. The molecule has 1 aromatic carbocycles. The molecule has 0 fully saturated rings. The zero-order valence-electron chi connectivity index (χ0n) is 9.94. The normalized spacial score (nSPS) is 12.5. The van der Waals surface area contributed by atoms with E-state index < -0.39 is 6.10 Å². The second-order valence-corrected chi connectivity index (χ2v) is 4.00. The Morgan fingerprint density at radius 2 is 2.06 bits per heavy atom. The number of aliphatic hydroxyl groups is 2. The number of aryl methyl sites for hydroxylation is 1. The van der Waals surface area contributed by atoms with E-state index in [0.29, 0.717) is 6.61 Å². The Labute approximate surface area is 96.7 Å². The van der Waals surface area contributed by atoms with Gasteiger partial charge in [-0.05, 0) is 38.8 Å². The van der Waals surface area contributed by atoms with Crippen molar-refractivity contribution in [3.8, 4) is 5.75 Å². The van der Waals surface area contributed by atoms with Gasteiger partial charge in [0.25, 0.3) is 0 Å². The van der Waals surface area contributed by atoms with Crippen molar-refractivity contribution in [1.82, 2.24) is 0 Å². The van der Waals surface area contributed by atoms with Crippen LogP contribution in [0.4, 0.5) is 0 Å². The Morgan fingerprint density at radius 1 is 1.31 bits per heavy atom. The zero-order chi connectivity index (χ0) is 12.0. The molecule has 2 N–H and O–H groups in total. The number of hydrogen-bond donors (Lipinski definition) is 2. The van der Waals surface area contributed by atoms with Crippen LogP contribution in [-0.4, -0.2) is 23.4 Å². The van der Waals surface area contributed by atoms with Crippen molar-refractivity contribution < 1.29 is 14.9 Å². The van der Waals surface area contributed by atoms with Crippen LogP contribution >= 0.6 is 0 Å². The summed E-state index contributed by atoms with van der Waals surface area (Å²) in [5.74, 6) is 0.735. The Balaban J connectivity index is 2.64. The molecule has 0 radical (unpaired) electrons. The summed E-state index contributed by atoms with van der Waals surface area (Å²) in [4.78, 5) is 0. The van der Waals surface area contributed by atoms with Gasteiger partial charge in [0.15, 0.2) is 0 Å². The van der Waals surface area contributed by atoms with E-state index in [9.17, 15) is 5.11 Å². The molecule has 3 heteroatoms. The molecule has 0 aromatic heterocycles. The third kappa shape index (κ3) is 3.83. The Kier molecular flexibility index (Phi) is 5.29. The minimum atomic E-state index is -0.521. The Morgan fingerprint density at radius 3 is 2.69 bits per heavy atom. The summed E-state index contributed by atoms with van der Waals surface area (Å²) >= 11 is 0. The van der Waals surface area contributed by atoms with Crippen molar-refractivity contribution >= 4 is 0 Å². The van der Waals surface area contributed by atoms with Crippen molar-refractivity contribution in [2.75, 3.05) is 13.2 Å². The van der Waals surface area contributed by atoms with Gasteiger partial charge in [-0.25, -0.2) is 0 Å². The third-order valence-corrected chi connectivity index (χ3v) is 2.43. The average Bonchev–Trinajstić information content (AvgIpc) is 2.26. The van der Waals surface area contributed by atoms with Crippen LogP contribution in [0, 0.1) is 6.92 Å². The zero-order valence-corrected chi connectivity index (χ0v) is 9.94. The lowest BCUT2D eigenvalue weighted by molar-refractivity contribution is 0.189. The molecule has 1 atom stereocenters. The Hall–Kier alpha value is -1.06. The van der Waals surface area contributed by atoms with Crippen molar-refractivity contribution in [1.29, 1.82) is 0 Å². The average molecular weight is 224 g/mol. The predicted molar refractivity (Wildman–Crippen MR) is 63.6 cm³/mol. The molecule has 90 valence electrons. The number of unbranched alkanes of at least 4 members (excludes halogenated alkanes) is 1. The van der Waals surface area contributed by atoms with E-state index in [1.54, 1.807) is 6.92 Å². The van der Waals surface area contributed by atoms with Crippen molar-refractivity contribution in [2.45, 2.75) is 32.8 Å². The fourth-order valence-electron chi connectivity index (χ4n) is 1.52. The highest BCUT2D eigenvalue weighted by molar-refractivity contribution is 5.38. The monoisotopic (exact) mass is 224 g/mol. The topological polar surface area (TPSA) is 49.7 Å². The first-order chi connectivity index (χ1) is 7.65. The van der Waals surface area contributed by atoms with Crippen molar-refractivity contribution in [3.05, 3.63) is 29.3 Å². The van der Waals surface area contributed by atoms with Crippen LogP contribution in [0.25, 0.3) is 0 Å². The van der Waals surface area contributed by atoms with E-state index in [4.69, 9.17) is 9.84 Å². The van der Waals surface area contributed by atoms with Crippen molar-refractivity contribution in [2.24, 2.45) is 0 Å². The van der Waals surface area contributed by atoms with Crippen LogP contribution < -0.4 is 4.74 Å². The van der Waals surface area contributed by atoms with Gasteiger partial charge in [-0.15, -0.1) is 0 Å². The number of hydrogen-bond acceptors (Lipinski definition) is 3. The van der Waals surface area contributed by atoms with E-state index >= 15 is 0 Å². The number of rotatable bonds is 6. The smallest absolute Gasteiger partial charge is 0.125 e. The van der Waals surface area contributed by atoms with Crippen molar-refractivity contribution in [3.63, 3.8) is 0 Å². The standard InChI is InChI=1S/C13H20O3/c1-10-5-6-13(12(9-10)11(2)15)16-8-4-3-7-14/h5-6,9,11,14-15H,3-4,7-8H2,1-2H3. The molecule has 0 aliphatic heterocycles. The van der Waals surface area contributed by atoms with Crippen LogP contribution in [0.15, 0.2) is 18.2 Å². The van der Waals surface area contributed by atoms with Gasteiger partial charge in [-0.2, -0.15) is 0 Å². The highest BCUT2D eigenvalue weighted by Crippen LogP contribution is 2.26. The summed E-state index contributed by atoms with van der Waals surface area (Å²) < 4.78 is 5.58. The van der Waals surface area contributed by atoms with Gasteiger partial charge in [-0.3, -0.25) is 0 Å². The van der Waals surface area contributed by atoms with Crippen LogP contribution in [0.3, 0.4) is 0 Å². The quantitative estimate of drug-likeness (QED) is 0.728. The van der Waals surface area contributed by atoms with Gasteiger partial charge in [-0.1, -0.05) is 11.6 Å². The van der Waals surface area contributed by atoms with Gasteiger partial charge < -0.3 is 14.9 Å². The first-order valence-electron chi connectivity index (χ1n) is 5.67. The lowest BCUT2D eigenvalue weighted by atomic mass is 10.1. The number of ether oxygens (including phenoxy) is 1. The lowest BCUT2D eigenvalue weighted by Crippen LogP contribution is -2.03. The molecule has 3 nitrogen and oxygen atoms in total. The van der Waals surface area contributed by atoms with Gasteiger partial charge in [0.05, 0.1) is 12.7 Å². The minimum absolute atomic E-state index is 0.195. The summed E-state index contributed by atoms with van der Waals surface area (Å²) in [5, 5.41) is 18.3. The highest BCUT2D eigenvalue weighted by Gasteiger charge is 2.09. The maximum absolute atomic E-state index is 9.61. The van der Waals surface area contributed by atoms with Gasteiger partial charge in [0, 0.05) is 12.2 Å². The molecule has 1 rings (SSSR count). The first-order valence-corrected chi connectivity index (χ1v) is 5.67. The summed E-state index contributed by atoms with van der Waals surface area (Å²) in [7, 11) is 0. The number of aliphatic hydroxyl groups excluding tert-OH is 2. The summed E-state index contributed by atoms with van der Waals surface area (Å²) in [6.45, 7) is 4.49. The molecule has 0 heterocycles. The Bertz CT molecular complexity index is 321. The van der Waals surface area contributed by atoms with E-state index in [-0.39, 0.29) is 6.61 Å². The second kappa shape index (κ2) is 6.51. The second-order valence-electron chi connectivity index (χ2n) is 4.00.